The molecule has 4 N–H and O–H groups in total. The Hall–Kier alpha value is -2.15. The number of oxime groups is 1. The number of rotatable bonds is 6. The molecule has 19 heavy (non-hydrogen) atoms. The van der Waals surface area contributed by atoms with E-state index in [4.69, 9.17) is 10.9 Å². The largest absolute Gasteiger partial charge is 0.409 e. The van der Waals surface area contributed by atoms with Crippen LogP contribution in [0.4, 0.5) is 0 Å². The maximum atomic E-state index is 11.6. The molecule has 0 aromatic carbocycles. The van der Waals surface area contributed by atoms with Crippen molar-refractivity contribution in [3.05, 3.63) is 29.6 Å². The third-order valence-electron chi connectivity index (χ3n) is 2.73. The second-order valence-electron chi connectivity index (χ2n) is 4.01. The van der Waals surface area contributed by atoms with Crippen LogP contribution in [-0.4, -0.2) is 47.0 Å². The number of hydrogen-bond donors (Lipinski definition) is 3. The minimum absolute atomic E-state index is 0.0109. The summed E-state index contributed by atoms with van der Waals surface area (Å²) in [7, 11) is 1.75. The molecular weight excluding hydrogens is 246 g/mol. The smallest absolute Gasteiger partial charge is 0.236 e. The molecule has 104 valence electrons. The zero-order valence-electron chi connectivity index (χ0n) is 11.1. The Labute approximate surface area is 112 Å². The summed E-state index contributed by atoms with van der Waals surface area (Å²) in [6.45, 7) is 3.23. The molecule has 0 unspecified atom stereocenters. The third kappa shape index (κ3) is 4.22. The van der Waals surface area contributed by atoms with Crippen LogP contribution in [0.3, 0.4) is 0 Å². The van der Waals surface area contributed by atoms with Crippen molar-refractivity contribution in [2.45, 2.75) is 13.5 Å². The van der Waals surface area contributed by atoms with Crippen molar-refractivity contribution < 1.29 is 10.0 Å². The minimum Gasteiger partial charge on any atom is -0.409 e. The van der Waals surface area contributed by atoms with Crippen LogP contribution in [0.5, 0.6) is 0 Å². The van der Waals surface area contributed by atoms with Crippen molar-refractivity contribution >= 4 is 11.7 Å². The number of nitrogens with two attached hydrogens (primary N) is 1. The highest BCUT2D eigenvalue weighted by Crippen LogP contribution is 2.04. The number of amidine groups is 1. The average molecular weight is 265 g/mol. The molecule has 0 bridgehead atoms. The number of amides is 1. The average Bonchev–Trinajstić information content (AvgIpc) is 2.45. The van der Waals surface area contributed by atoms with Crippen LogP contribution in [0.1, 0.15) is 18.2 Å². The van der Waals surface area contributed by atoms with Gasteiger partial charge in [-0.25, -0.2) is 0 Å². The highest BCUT2D eigenvalue weighted by molar-refractivity contribution is 5.96. The van der Waals surface area contributed by atoms with Crippen LogP contribution in [-0.2, 0) is 11.3 Å². The maximum Gasteiger partial charge on any atom is 0.236 e. The number of nitrogens with zero attached hydrogens (tertiary/aromatic N) is 3. The topological polar surface area (TPSA) is 104 Å². The van der Waals surface area contributed by atoms with E-state index < -0.39 is 0 Å². The van der Waals surface area contributed by atoms with Gasteiger partial charge in [-0.1, -0.05) is 11.2 Å². The molecule has 0 saturated carbocycles. The first-order valence-corrected chi connectivity index (χ1v) is 5.96. The molecule has 1 heterocycles. The number of carbonyl (C=O) groups is 1. The first-order valence-electron chi connectivity index (χ1n) is 5.96. The highest BCUT2D eigenvalue weighted by atomic mass is 16.4. The lowest BCUT2D eigenvalue weighted by Gasteiger charge is -2.15. The number of aromatic nitrogens is 1. The second kappa shape index (κ2) is 7.32. The van der Waals surface area contributed by atoms with Crippen molar-refractivity contribution in [1.82, 2.24) is 15.2 Å². The fourth-order valence-electron chi connectivity index (χ4n) is 1.47. The van der Waals surface area contributed by atoms with E-state index in [0.29, 0.717) is 18.8 Å². The Balaban J connectivity index is 2.61. The van der Waals surface area contributed by atoms with E-state index in [1.807, 2.05) is 6.92 Å². The summed E-state index contributed by atoms with van der Waals surface area (Å²) in [6.07, 6.45) is 1.56. The minimum atomic E-state index is -0.0468. The van der Waals surface area contributed by atoms with E-state index in [0.717, 1.165) is 5.56 Å². The fourth-order valence-corrected chi connectivity index (χ4v) is 1.47. The van der Waals surface area contributed by atoms with Crippen LogP contribution in [0.2, 0.25) is 0 Å². The molecule has 1 aromatic rings. The summed E-state index contributed by atoms with van der Waals surface area (Å²) >= 11 is 0. The first kappa shape index (κ1) is 14.9. The van der Waals surface area contributed by atoms with Gasteiger partial charge in [-0.15, -0.1) is 0 Å². The van der Waals surface area contributed by atoms with Crippen LogP contribution in [0.25, 0.3) is 0 Å². The molecule has 0 atom stereocenters. The monoisotopic (exact) mass is 265 g/mol. The molecule has 0 fully saturated rings. The molecule has 0 radical (unpaired) electrons. The lowest BCUT2D eigenvalue weighted by Crippen LogP contribution is -2.35. The summed E-state index contributed by atoms with van der Waals surface area (Å²) in [5.41, 5.74) is 6.71. The van der Waals surface area contributed by atoms with Gasteiger partial charge in [-0.05, 0) is 18.6 Å². The molecule has 7 heteroatoms. The zero-order chi connectivity index (χ0) is 14.3. The van der Waals surface area contributed by atoms with Crippen molar-refractivity contribution in [2.75, 3.05) is 20.1 Å². The predicted octanol–water partition coefficient (Wildman–Crippen LogP) is -0.256. The van der Waals surface area contributed by atoms with Crippen molar-refractivity contribution in [2.24, 2.45) is 10.9 Å². The summed E-state index contributed by atoms with van der Waals surface area (Å²) in [5, 5.41) is 14.6. The molecule has 0 saturated heterocycles. The SMILES string of the molecule is CCN(C)C(=O)CNCc1cccnc1/C(N)=N/O. The van der Waals surface area contributed by atoms with Crippen molar-refractivity contribution in [3.8, 4) is 0 Å². The molecule has 0 aliphatic carbocycles. The van der Waals surface area contributed by atoms with Gasteiger partial charge in [0, 0.05) is 26.3 Å². The molecule has 0 spiro atoms. The van der Waals surface area contributed by atoms with Crippen LogP contribution < -0.4 is 11.1 Å². The van der Waals surface area contributed by atoms with Gasteiger partial charge in [0.2, 0.25) is 5.91 Å². The van der Waals surface area contributed by atoms with Crippen molar-refractivity contribution in [3.63, 3.8) is 0 Å². The van der Waals surface area contributed by atoms with Gasteiger partial charge in [0.1, 0.15) is 5.69 Å². The Morgan fingerprint density at radius 3 is 3.00 bits per heavy atom. The molecule has 1 aromatic heterocycles. The van der Waals surface area contributed by atoms with Gasteiger partial charge < -0.3 is 21.2 Å². The molecule has 0 aliphatic rings. The van der Waals surface area contributed by atoms with E-state index >= 15 is 0 Å². The van der Waals surface area contributed by atoms with E-state index in [9.17, 15) is 4.79 Å². The molecule has 7 nitrogen and oxygen atoms in total. The van der Waals surface area contributed by atoms with Crippen LogP contribution >= 0.6 is 0 Å². The van der Waals surface area contributed by atoms with Gasteiger partial charge in [-0.2, -0.15) is 0 Å². The summed E-state index contributed by atoms with van der Waals surface area (Å²) in [6, 6.07) is 3.56. The third-order valence-corrected chi connectivity index (χ3v) is 2.73. The predicted molar refractivity (Wildman–Crippen MR) is 71.8 cm³/mol. The maximum absolute atomic E-state index is 11.6. The van der Waals surface area contributed by atoms with E-state index in [-0.39, 0.29) is 18.3 Å². The van der Waals surface area contributed by atoms with Gasteiger partial charge in [0.05, 0.1) is 6.54 Å². The molecule has 1 rings (SSSR count). The van der Waals surface area contributed by atoms with Gasteiger partial charge in [0.25, 0.3) is 0 Å². The lowest BCUT2D eigenvalue weighted by molar-refractivity contribution is -0.128. The summed E-state index contributed by atoms with van der Waals surface area (Å²) in [4.78, 5) is 17.3. The molecular formula is C12H19N5O2. The van der Waals surface area contributed by atoms with Crippen LogP contribution in [0.15, 0.2) is 23.5 Å². The summed E-state index contributed by atoms with van der Waals surface area (Å²) in [5.74, 6) is -0.0360. The van der Waals surface area contributed by atoms with E-state index in [1.54, 1.807) is 30.3 Å². The highest BCUT2D eigenvalue weighted by Gasteiger charge is 2.09. The van der Waals surface area contributed by atoms with E-state index in [1.165, 1.54) is 0 Å². The van der Waals surface area contributed by atoms with Crippen molar-refractivity contribution in [1.29, 1.82) is 0 Å². The number of nitrogens with one attached hydrogen (secondary N) is 1. The number of likely N-dealkylation sites (N-methyl/N-ethyl adjacent to an activating group) is 1. The summed E-state index contributed by atoms with van der Waals surface area (Å²) < 4.78 is 0. The Bertz CT molecular complexity index is 461. The Morgan fingerprint density at radius 1 is 1.63 bits per heavy atom. The quantitative estimate of drug-likeness (QED) is 0.285. The van der Waals surface area contributed by atoms with Gasteiger partial charge >= 0.3 is 0 Å². The second-order valence-corrected chi connectivity index (χ2v) is 4.01. The Morgan fingerprint density at radius 2 is 2.37 bits per heavy atom. The fraction of sp³-hybridized carbons (Fsp3) is 0.417. The van der Waals surface area contributed by atoms with Gasteiger partial charge in [0.15, 0.2) is 5.84 Å². The Kier molecular flexibility index (Phi) is 5.74. The standard InChI is InChI=1S/C12H19N5O2/c1-3-17(2)10(18)8-14-7-9-5-4-6-15-11(9)12(13)16-19/h4-6,14,19H,3,7-8H2,1-2H3,(H2,13,16). The normalized spacial score (nSPS) is 11.4. The number of carbonyl (C=O) groups excluding carboxylic acids is 1. The van der Waals surface area contributed by atoms with Crippen LogP contribution in [0, 0.1) is 0 Å². The molecule has 0 aliphatic heterocycles. The first-order chi connectivity index (χ1) is 9.10. The van der Waals surface area contributed by atoms with E-state index in [2.05, 4.69) is 15.5 Å². The number of hydrogen-bond acceptors (Lipinski definition) is 5. The molecule has 1 amide bonds. The zero-order valence-corrected chi connectivity index (χ0v) is 11.1. The number of pyridine rings is 1. The van der Waals surface area contributed by atoms with Gasteiger partial charge in [-0.3, -0.25) is 9.78 Å². The lowest BCUT2D eigenvalue weighted by atomic mass is 10.2.